The van der Waals surface area contributed by atoms with Crippen molar-refractivity contribution >= 4 is 11.7 Å². The zero-order valence-electron chi connectivity index (χ0n) is 11.8. The minimum Gasteiger partial charge on any atom is -0.361 e. The van der Waals surface area contributed by atoms with Gasteiger partial charge in [0.2, 0.25) is 5.89 Å². The van der Waals surface area contributed by atoms with Gasteiger partial charge in [-0.1, -0.05) is 5.16 Å². The fourth-order valence-corrected chi connectivity index (χ4v) is 1.63. The van der Waals surface area contributed by atoms with Crippen LogP contribution in [-0.4, -0.2) is 33.1 Å². The van der Waals surface area contributed by atoms with Gasteiger partial charge in [0.1, 0.15) is 11.6 Å². The first kappa shape index (κ1) is 13.9. The quantitative estimate of drug-likeness (QED) is 0.848. The number of carbonyl (C=O) groups excluding carboxylic acids is 1. The van der Waals surface area contributed by atoms with Gasteiger partial charge in [0.25, 0.3) is 11.7 Å². The first-order valence-electron chi connectivity index (χ1n) is 6.11. The molecule has 0 saturated heterocycles. The first-order chi connectivity index (χ1) is 9.51. The second-order valence-corrected chi connectivity index (χ2v) is 4.27. The highest BCUT2D eigenvalue weighted by molar-refractivity contribution is 5.89. The molecule has 0 unspecified atom stereocenters. The Bertz CT molecular complexity index is 637. The average molecular weight is 276 g/mol. The number of nitrogens with one attached hydrogen (secondary N) is 2. The molecule has 1 amide bonds. The van der Waals surface area contributed by atoms with Crippen LogP contribution in [0.5, 0.6) is 0 Å². The molecule has 0 saturated carbocycles. The van der Waals surface area contributed by atoms with Crippen molar-refractivity contribution in [1.29, 1.82) is 0 Å². The van der Waals surface area contributed by atoms with Crippen molar-refractivity contribution in [3.05, 3.63) is 28.8 Å². The highest BCUT2D eigenvalue weighted by atomic mass is 16.5. The van der Waals surface area contributed by atoms with Crippen LogP contribution in [0.25, 0.3) is 0 Å². The van der Waals surface area contributed by atoms with Crippen LogP contribution in [0.4, 0.5) is 5.82 Å². The van der Waals surface area contributed by atoms with Crippen LogP contribution < -0.4 is 10.6 Å². The third kappa shape index (κ3) is 2.90. The molecule has 0 aliphatic heterocycles. The second kappa shape index (κ2) is 5.64. The highest BCUT2D eigenvalue weighted by Gasteiger charge is 2.13. The minimum absolute atomic E-state index is 0.0103. The molecular weight excluding hydrogens is 260 g/mol. The molecule has 0 aliphatic carbocycles. The van der Waals surface area contributed by atoms with E-state index >= 15 is 0 Å². The molecule has 0 aliphatic rings. The molecule has 0 radical (unpaired) electrons. The van der Waals surface area contributed by atoms with Crippen molar-refractivity contribution in [1.82, 2.24) is 25.4 Å². The Morgan fingerprint density at radius 1 is 1.20 bits per heavy atom. The molecule has 0 aromatic carbocycles. The molecule has 2 aromatic heterocycles. The SMILES string of the molecule is CNC(=O)c1noc(CNc2nc(C)nc(C)c2C)n1. The molecule has 8 nitrogen and oxygen atoms in total. The van der Waals surface area contributed by atoms with Crippen LogP contribution in [0, 0.1) is 20.8 Å². The van der Waals surface area contributed by atoms with E-state index in [9.17, 15) is 4.79 Å². The monoisotopic (exact) mass is 276 g/mol. The van der Waals surface area contributed by atoms with Gasteiger partial charge in [-0.25, -0.2) is 9.97 Å². The van der Waals surface area contributed by atoms with Gasteiger partial charge >= 0.3 is 0 Å². The average Bonchev–Trinajstić information content (AvgIpc) is 2.89. The third-order valence-corrected chi connectivity index (χ3v) is 2.81. The predicted molar refractivity (Wildman–Crippen MR) is 71.3 cm³/mol. The summed E-state index contributed by atoms with van der Waals surface area (Å²) in [6.45, 7) is 5.97. The van der Waals surface area contributed by atoms with Crippen molar-refractivity contribution in [3.8, 4) is 0 Å². The second-order valence-electron chi connectivity index (χ2n) is 4.27. The van der Waals surface area contributed by atoms with Gasteiger partial charge in [-0.3, -0.25) is 4.79 Å². The van der Waals surface area contributed by atoms with E-state index in [1.54, 1.807) is 0 Å². The van der Waals surface area contributed by atoms with Crippen LogP contribution in [-0.2, 0) is 6.54 Å². The lowest BCUT2D eigenvalue weighted by atomic mass is 10.2. The fourth-order valence-electron chi connectivity index (χ4n) is 1.63. The van der Waals surface area contributed by atoms with Crippen LogP contribution in [0.15, 0.2) is 4.52 Å². The summed E-state index contributed by atoms with van der Waals surface area (Å²) in [6.07, 6.45) is 0. The number of amides is 1. The Balaban J connectivity index is 2.09. The molecule has 0 spiro atoms. The van der Waals surface area contributed by atoms with Crippen molar-refractivity contribution in [2.45, 2.75) is 27.3 Å². The Morgan fingerprint density at radius 3 is 2.65 bits per heavy atom. The molecule has 106 valence electrons. The number of anilines is 1. The van der Waals surface area contributed by atoms with Crippen molar-refractivity contribution < 1.29 is 9.32 Å². The number of hydrogen-bond acceptors (Lipinski definition) is 7. The molecule has 2 rings (SSSR count). The lowest BCUT2D eigenvalue weighted by Crippen LogP contribution is -2.19. The van der Waals surface area contributed by atoms with Gasteiger partial charge in [0.15, 0.2) is 0 Å². The maximum absolute atomic E-state index is 11.3. The van der Waals surface area contributed by atoms with Crippen LogP contribution >= 0.6 is 0 Å². The van der Waals surface area contributed by atoms with E-state index in [2.05, 4.69) is 30.7 Å². The molecule has 2 aromatic rings. The molecule has 0 atom stereocenters. The molecular formula is C12H16N6O2. The fraction of sp³-hybridized carbons (Fsp3) is 0.417. The number of rotatable bonds is 4. The summed E-state index contributed by atoms with van der Waals surface area (Å²) in [5, 5.41) is 9.12. The maximum Gasteiger partial charge on any atom is 0.292 e. The lowest BCUT2D eigenvalue weighted by molar-refractivity contribution is 0.0950. The van der Waals surface area contributed by atoms with Gasteiger partial charge in [0, 0.05) is 18.3 Å². The number of aryl methyl sites for hydroxylation is 2. The zero-order valence-corrected chi connectivity index (χ0v) is 11.8. The smallest absolute Gasteiger partial charge is 0.292 e. The number of nitrogens with zero attached hydrogens (tertiary/aromatic N) is 4. The van der Waals surface area contributed by atoms with E-state index in [-0.39, 0.29) is 11.7 Å². The van der Waals surface area contributed by atoms with E-state index in [4.69, 9.17) is 4.52 Å². The van der Waals surface area contributed by atoms with Crippen molar-refractivity contribution in [2.75, 3.05) is 12.4 Å². The molecule has 2 heterocycles. The van der Waals surface area contributed by atoms with Gasteiger partial charge in [-0.05, 0) is 20.8 Å². The van der Waals surface area contributed by atoms with E-state index in [0.29, 0.717) is 18.3 Å². The van der Waals surface area contributed by atoms with Gasteiger partial charge in [-0.15, -0.1) is 0 Å². The summed E-state index contributed by atoms with van der Waals surface area (Å²) in [6, 6.07) is 0. The Morgan fingerprint density at radius 2 is 1.95 bits per heavy atom. The predicted octanol–water partition coefficient (Wildman–Crippen LogP) is 0.757. The van der Waals surface area contributed by atoms with E-state index < -0.39 is 0 Å². The topological polar surface area (TPSA) is 106 Å². The molecule has 20 heavy (non-hydrogen) atoms. The number of aromatic nitrogens is 4. The minimum atomic E-state index is -0.384. The molecule has 0 fully saturated rings. The molecule has 8 heteroatoms. The Kier molecular flexibility index (Phi) is 3.92. The third-order valence-electron chi connectivity index (χ3n) is 2.81. The van der Waals surface area contributed by atoms with Crippen LogP contribution in [0.3, 0.4) is 0 Å². The van der Waals surface area contributed by atoms with Crippen molar-refractivity contribution in [2.24, 2.45) is 0 Å². The maximum atomic E-state index is 11.3. The summed E-state index contributed by atoms with van der Waals surface area (Å²) < 4.78 is 4.98. The van der Waals surface area contributed by atoms with Crippen LogP contribution in [0.1, 0.15) is 33.6 Å². The van der Waals surface area contributed by atoms with Crippen LogP contribution in [0.2, 0.25) is 0 Å². The van der Waals surface area contributed by atoms with Gasteiger partial charge in [-0.2, -0.15) is 4.98 Å². The molecule has 2 N–H and O–H groups in total. The van der Waals surface area contributed by atoms with Crippen molar-refractivity contribution in [3.63, 3.8) is 0 Å². The largest absolute Gasteiger partial charge is 0.361 e. The first-order valence-corrected chi connectivity index (χ1v) is 6.11. The summed E-state index contributed by atoms with van der Waals surface area (Å²) in [4.78, 5) is 23.9. The van der Waals surface area contributed by atoms with E-state index in [0.717, 1.165) is 17.1 Å². The Labute approximate surface area is 116 Å². The lowest BCUT2D eigenvalue weighted by Gasteiger charge is -2.09. The summed E-state index contributed by atoms with van der Waals surface area (Å²) >= 11 is 0. The van der Waals surface area contributed by atoms with Gasteiger partial charge in [0.05, 0.1) is 6.54 Å². The number of carbonyl (C=O) groups is 1. The zero-order chi connectivity index (χ0) is 14.7. The van der Waals surface area contributed by atoms with E-state index in [1.807, 2.05) is 20.8 Å². The summed E-state index contributed by atoms with van der Waals surface area (Å²) in [5.74, 6) is 1.35. The number of hydrogen-bond donors (Lipinski definition) is 2. The highest BCUT2D eigenvalue weighted by Crippen LogP contribution is 2.15. The Hall–Kier alpha value is -2.51. The summed E-state index contributed by atoms with van der Waals surface area (Å²) in [5.41, 5.74) is 1.87. The van der Waals surface area contributed by atoms with E-state index in [1.165, 1.54) is 7.05 Å². The van der Waals surface area contributed by atoms with Gasteiger partial charge < -0.3 is 15.2 Å². The molecule has 0 bridgehead atoms. The summed E-state index contributed by atoms with van der Waals surface area (Å²) in [7, 11) is 1.51. The normalized spacial score (nSPS) is 10.4. The standard InChI is InChI=1S/C12H16N6O2/c1-6-7(2)15-8(3)16-10(6)14-5-9-17-11(18-20-9)12(19)13-4/h5H2,1-4H3,(H,13,19)(H,14,15,16).